The molecule has 0 N–H and O–H groups in total. The smallest absolute Gasteiger partial charge is 0.0619 e. The van der Waals surface area contributed by atoms with Crippen LogP contribution in [-0.2, 0) is 0 Å². The van der Waals surface area contributed by atoms with Gasteiger partial charge in [0.15, 0.2) is 0 Å². The minimum Gasteiger partial charge on any atom is -0.310 e. The monoisotopic (exact) mass is 712 g/mol. The van der Waals surface area contributed by atoms with Crippen LogP contribution in [0.15, 0.2) is 218 Å². The van der Waals surface area contributed by atoms with Crippen LogP contribution in [0.5, 0.6) is 0 Å². The lowest BCUT2D eigenvalue weighted by atomic mass is 9.99. The second-order valence-electron chi connectivity index (χ2n) is 14.5. The van der Waals surface area contributed by atoms with Crippen LogP contribution >= 0.6 is 0 Å². The van der Waals surface area contributed by atoms with E-state index in [0.717, 1.165) is 22.7 Å². The van der Waals surface area contributed by atoms with Crippen molar-refractivity contribution in [3.05, 3.63) is 218 Å². The molecule has 11 rings (SSSR count). The number of fused-ring (bicyclic) bond motifs is 8. The van der Waals surface area contributed by atoms with E-state index in [1.807, 2.05) is 0 Å². The molecular weight excluding hydrogens is 677 g/mol. The molecule has 1 heterocycles. The fraction of sp³-hybridized carbons (Fsp3) is 0. The number of benzene rings is 10. The van der Waals surface area contributed by atoms with Crippen molar-refractivity contribution < 1.29 is 0 Å². The standard InChI is InChI=1S/C54H36N2/c1-2-12-39(13-3-1)47-17-8-10-20-52(47)55(45-34-28-42-23-22-40-14-4-6-16-46(40)51(42)36-45)43-30-24-37(25-31-43)38-26-32-44(33-27-38)56-53-21-11-9-19-49(53)50-35-29-41-15-5-7-18-48(41)54(50)56/h1-36H. The van der Waals surface area contributed by atoms with Crippen molar-refractivity contribution in [1.82, 2.24) is 4.57 Å². The van der Waals surface area contributed by atoms with Crippen LogP contribution in [0.3, 0.4) is 0 Å². The van der Waals surface area contributed by atoms with Crippen molar-refractivity contribution in [2.45, 2.75) is 0 Å². The lowest BCUT2D eigenvalue weighted by Crippen LogP contribution is -2.11. The lowest BCUT2D eigenvalue weighted by Gasteiger charge is -2.28. The predicted octanol–water partition coefficient (Wildman–Crippen LogP) is 15.0. The normalized spacial score (nSPS) is 11.6. The van der Waals surface area contributed by atoms with Crippen LogP contribution in [0.2, 0.25) is 0 Å². The Kier molecular flexibility index (Phi) is 7.53. The maximum absolute atomic E-state index is 2.43. The second-order valence-corrected chi connectivity index (χ2v) is 14.5. The van der Waals surface area contributed by atoms with Gasteiger partial charge in [-0.3, -0.25) is 0 Å². The Morgan fingerprint density at radius 1 is 0.321 bits per heavy atom. The third kappa shape index (κ3) is 5.26. The van der Waals surface area contributed by atoms with Crippen LogP contribution < -0.4 is 4.90 Å². The molecule has 262 valence electrons. The summed E-state index contributed by atoms with van der Waals surface area (Å²) in [6, 6.07) is 79.4. The Bertz CT molecular complexity index is 3230. The number of rotatable bonds is 6. The van der Waals surface area contributed by atoms with Gasteiger partial charge in [0.1, 0.15) is 0 Å². The summed E-state index contributed by atoms with van der Waals surface area (Å²) in [6.07, 6.45) is 0. The van der Waals surface area contributed by atoms with Gasteiger partial charge in [-0.2, -0.15) is 0 Å². The number of hydrogen-bond donors (Lipinski definition) is 0. The zero-order valence-corrected chi connectivity index (χ0v) is 30.7. The molecule has 1 aromatic heterocycles. The van der Waals surface area contributed by atoms with E-state index in [0.29, 0.717) is 0 Å². The van der Waals surface area contributed by atoms with Gasteiger partial charge in [0.2, 0.25) is 0 Å². The Balaban J connectivity index is 1.02. The SMILES string of the molecule is c1ccc(-c2ccccc2N(c2ccc(-c3ccc(-n4c5ccccc5c5ccc6ccccc6c54)cc3)cc2)c2ccc3ccc4ccccc4c3c2)cc1. The van der Waals surface area contributed by atoms with E-state index >= 15 is 0 Å². The molecule has 0 saturated carbocycles. The highest BCUT2D eigenvalue weighted by molar-refractivity contribution is 6.18. The first-order chi connectivity index (χ1) is 27.8. The van der Waals surface area contributed by atoms with Gasteiger partial charge in [-0.1, -0.05) is 170 Å². The van der Waals surface area contributed by atoms with Gasteiger partial charge in [-0.25, -0.2) is 0 Å². The molecule has 0 aliphatic heterocycles. The van der Waals surface area contributed by atoms with E-state index in [4.69, 9.17) is 0 Å². The van der Waals surface area contributed by atoms with Crippen molar-refractivity contribution in [3.63, 3.8) is 0 Å². The maximum atomic E-state index is 2.43. The molecule has 2 heteroatoms. The number of anilines is 3. The van der Waals surface area contributed by atoms with Crippen LogP contribution in [0.25, 0.3) is 82.1 Å². The number of aromatic nitrogens is 1. The summed E-state index contributed by atoms with van der Waals surface area (Å²) in [6.45, 7) is 0. The second kappa shape index (κ2) is 13.2. The summed E-state index contributed by atoms with van der Waals surface area (Å²) in [5.74, 6) is 0. The van der Waals surface area contributed by atoms with E-state index < -0.39 is 0 Å². The van der Waals surface area contributed by atoms with Gasteiger partial charge < -0.3 is 9.47 Å². The fourth-order valence-corrected chi connectivity index (χ4v) is 8.69. The molecule has 0 atom stereocenters. The molecule has 0 aliphatic rings. The summed E-state index contributed by atoms with van der Waals surface area (Å²) in [5.41, 5.74) is 11.7. The molecule has 0 spiro atoms. The molecule has 0 radical (unpaired) electrons. The summed E-state index contributed by atoms with van der Waals surface area (Å²) >= 11 is 0. The molecule has 0 saturated heterocycles. The first-order valence-corrected chi connectivity index (χ1v) is 19.3. The molecule has 10 aromatic carbocycles. The number of nitrogens with zero attached hydrogens (tertiary/aromatic N) is 2. The quantitative estimate of drug-likeness (QED) is 0.156. The molecule has 0 unspecified atom stereocenters. The Hall–Kier alpha value is -7.42. The first-order valence-electron chi connectivity index (χ1n) is 19.3. The van der Waals surface area contributed by atoms with Crippen molar-refractivity contribution in [3.8, 4) is 27.9 Å². The average Bonchev–Trinajstić information content (AvgIpc) is 3.62. The average molecular weight is 713 g/mol. The van der Waals surface area contributed by atoms with Gasteiger partial charge in [0, 0.05) is 38.8 Å². The number of para-hydroxylation sites is 2. The third-order valence-corrected chi connectivity index (χ3v) is 11.4. The first kappa shape index (κ1) is 32.0. The fourth-order valence-electron chi connectivity index (χ4n) is 8.69. The highest BCUT2D eigenvalue weighted by atomic mass is 15.1. The number of hydrogen-bond acceptors (Lipinski definition) is 1. The van der Waals surface area contributed by atoms with E-state index in [2.05, 4.69) is 228 Å². The van der Waals surface area contributed by atoms with E-state index in [9.17, 15) is 0 Å². The van der Waals surface area contributed by atoms with E-state index in [-0.39, 0.29) is 0 Å². The Morgan fingerprint density at radius 2 is 0.875 bits per heavy atom. The van der Waals surface area contributed by atoms with Gasteiger partial charge in [-0.05, 0) is 92.2 Å². The third-order valence-electron chi connectivity index (χ3n) is 11.4. The van der Waals surface area contributed by atoms with Crippen molar-refractivity contribution in [2.75, 3.05) is 4.90 Å². The van der Waals surface area contributed by atoms with Crippen molar-refractivity contribution >= 4 is 71.2 Å². The van der Waals surface area contributed by atoms with Crippen molar-refractivity contribution in [2.24, 2.45) is 0 Å². The molecular formula is C54H36N2. The Morgan fingerprint density at radius 3 is 1.66 bits per heavy atom. The van der Waals surface area contributed by atoms with Gasteiger partial charge >= 0.3 is 0 Å². The zero-order valence-electron chi connectivity index (χ0n) is 30.7. The summed E-state index contributed by atoms with van der Waals surface area (Å²) in [5, 5.41) is 10.0. The molecule has 11 aromatic rings. The highest BCUT2D eigenvalue weighted by Gasteiger charge is 2.19. The molecule has 0 bridgehead atoms. The predicted molar refractivity (Wildman–Crippen MR) is 239 cm³/mol. The van der Waals surface area contributed by atoms with Crippen LogP contribution in [0.1, 0.15) is 0 Å². The van der Waals surface area contributed by atoms with Crippen LogP contribution in [-0.4, -0.2) is 4.57 Å². The summed E-state index contributed by atoms with van der Waals surface area (Å²) < 4.78 is 2.43. The van der Waals surface area contributed by atoms with Gasteiger partial charge in [-0.15, -0.1) is 0 Å². The Labute approximate surface area is 325 Å². The van der Waals surface area contributed by atoms with E-state index in [1.165, 1.54) is 76.4 Å². The van der Waals surface area contributed by atoms with Gasteiger partial charge in [0.25, 0.3) is 0 Å². The van der Waals surface area contributed by atoms with Gasteiger partial charge in [0.05, 0.1) is 16.7 Å². The van der Waals surface area contributed by atoms with Crippen molar-refractivity contribution in [1.29, 1.82) is 0 Å². The molecule has 0 amide bonds. The molecule has 0 fully saturated rings. The zero-order chi connectivity index (χ0) is 37.0. The highest BCUT2D eigenvalue weighted by Crippen LogP contribution is 2.43. The minimum atomic E-state index is 1.10. The lowest BCUT2D eigenvalue weighted by molar-refractivity contribution is 1.19. The summed E-state index contributed by atoms with van der Waals surface area (Å²) in [4.78, 5) is 2.41. The van der Waals surface area contributed by atoms with Crippen LogP contribution in [0, 0.1) is 0 Å². The largest absolute Gasteiger partial charge is 0.310 e. The topological polar surface area (TPSA) is 8.17 Å². The molecule has 56 heavy (non-hydrogen) atoms. The minimum absolute atomic E-state index is 1.10. The molecule has 2 nitrogen and oxygen atoms in total. The summed E-state index contributed by atoms with van der Waals surface area (Å²) in [7, 11) is 0. The van der Waals surface area contributed by atoms with Crippen LogP contribution in [0.4, 0.5) is 17.1 Å². The van der Waals surface area contributed by atoms with E-state index in [1.54, 1.807) is 0 Å². The molecule has 0 aliphatic carbocycles. The maximum Gasteiger partial charge on any atom is 0.0619 e.